The summed E-state index contributed by atoms with van der Waals surface area (Å²) in [5, 5.41) is 9.34. The number of allylic oxidation sites excluding steroid dienone is 1. The molecule has 0 saturated heterocycles. The summed E-state index contributed by atoms with van der Waals surface area (Å²) in [6.07, 6.45) is 1.95. The van der Waals surface area contributed by atoms with Crippen LogP contribution in [0.3, 0.4) is 0 Å². The minimum absolute atomic E-state index is 0.682. The number of nitriles is 1. The maximum Gasteiger partial charge on any atom is 0.0998 e. The Hall–Kier alpha value is -1.79. The zero-order valence-corrected chi connectivity index (χ0v) is 12.8. The van der Waals surface area contributed by atoms with E-state index in [0.717, 1.165) is 15.6 Å². The molecule has 2 nitrogen and oxygen atoms in total. The van der Waals surface area contributed by atoms with Gasteiger partial charge in [0.25, 0.3) is 0 Å². The molecule has 0 radical (unpaired) electrons. The van der Waals surface area contributed by atoms with E-state index < -0.39 is 0 Å². The van der Waals surface area contributed by atoms with E-state index >= 15 is 0 Å². The summed E-state index contributed by atoms with van der Waals surface area (Å²) in [6, 6.07) is 12.2. The molecule has 0 aliphatic rings. The Balaban J connectivity index is 2.47. The van der Waals surface area contributed by atoms with Gasteiger partial charge in [-0.2, -0.15) is 5.26 Å². The van der Waals surface area contributed by atoms with Crippen molar-refractivity contribution in [3.8, 4) is 6.07 Å². The lowest BCUT2D eigenvalue weighted by molar-refractivity contribution is 0.843. The van der Waals surface area contributed by atoms with Crippen LogP contribution in [-0.2, 0) is 7.05 Å². The third-order valence-electron chi connectivity index (χ3n) is 3.39. The molecule has 2 aromatic rings. The molecule has 96 valence electrons. The molecule has 1 aromatic heterocycles. The monoisotopic (exact) mass is 314 g/mol. The van der Waals surface area contributed by atoms with Crippen LogP contribution in [0.4, 0.5) is 0 Å². The molecule has 0 N–H and O–H groups in total. The van der Waals surface area contributed by atoms with Crippen molar-refractivity contribution in [3.63, 3.8) is 0 Å². The van der Waals surface area contributed by atoms with Crippen LogP contribution in [-0.4, -0.2) is 4.57 Å². The highest BCUT2D eigenvalue weighted by Crippen LogP contribution is 2.23. The molecule has 0 bridgehead atoms. The molecule has 0 amide bonds. The topological polar surface area (TPSA) is 28.7 Å². The molecule has 1 heterocycles. The summed E-state index contributed by atoms with van der Waals surface area (Å²) in [4.78, 5) is 0. The molecule has 3 heteroatoms. The average molecular weight is 315 g/mol. The standard InChI is InChI=1S/C16H15BrN2/c1-11-8-14(12(2)19(11)3)9-15(10-18)13-4-6-16(17)7-5-13/h4-9H,1-3H3/b15-9+. The fraction of sp³-hybridized carbons (Fsp3) is 0.188. The molecule has 0 aliphatic heterocycles. The number of hydrogen-bond acceptors (Lipinski definition) is 1. The molecule has 0 aliphatic carbocycles. The number of benzene rings is 1. The molecule has 0 unspecified atom stereocenters. The van der Waals surface area contributed by atoms with E-state index in [1.807, 2.05) is 37.4 Å². The third-order valence-corrected chi connectivity index (χ3v) is 3.92. The third kappa shape index (κ3) is 2.80. The van der Waals surface area contributed by atoms with Crippen molar-refractivity contribution in [2.45, 2.75) is 13.8 Å². The molecule has 0 fully saturated rings. The zero-order valence-electron chi connectivity index (χ0n) is 11.2. The van der Waals surface area contributed by atoms with Crippen molar-refractivity contribution in [1.82, 2.24) is 4.57 Å². The van der Waals surface area contributed by atoms with E-state index in [1.54, 1.807) is 0 Å². The van der Waals surface area contributed by atoms with Gasteiger partial charge in [-0.05, 0) is 49.2 Å². The summed E-state index contributed by atoms with van der Waals surface area (Å²) in [5.41, 5.74) is 5.08. The molecule has 2 rings (SSSR count). The van der Waals surface area contributed by atoms with Crippen LogP contribution in [0.2, 0.25) is 0 Å². The normalized spacial score (nSPS) is 11.4. The van der Waals surface area contributed by atoms with Gasteiger partial charge in [0.2, 0.25) is 0 Å². The van der Waals surface area contributed by atoms with E-state index in [0.29, 0.717) is 5.57 Å². The van der Waals surface area contributed by atoms with Crippen LogP contribution in [0.1, 0.15) is 22.5 Å². The van der Waals surface area contributed by atoms with Gasteiger partial charge >= 0.3 is 0 Å². The Morgan fingerprint density at radius 2 is 1.89 bits per heavy atom. The summed E-state index contributed by atoms with van der Waals surface area (Å²) < 4.78 is 3.14. The lowest BCUT2D eigenvalue weighted by Crippen LogP contribution is -1.92. The van der Waals surface area contributed by atoms with Crippen molar-refractivity contribution < 1.29 is 0 Å². The van der Waals surface area contributed by atoms with E-state index in [-0.39, 0.29) is 0 Å². The minimum Gasteiger partial charge on any atom is -0.352 e. The summed E-state index contributed by atoms with van der Waals surface area (Å²) in [5.74, 6) is 0. The molecule has 0 spiro atoms. The van der Waals surface area contributed by atoms with Crippen molar-refractivity contribution in [1.29, 1.82) is 5.26 Å². The maximum atomic E-state index is 9.34. The Morgan fingerprint density at radius 3 is 2.37 bits per heavy atom. The van der Waals surface area contributed by atoms with Gasteiger partial charge in [0.1, 0.15) is 0 Å². The van der Waals surface area contributed by atoms with Crippen LogP contribution in [0.25, 0.3) is 11.6 Å². The predicted molar refractivity (Wildman–Crippen MR) is 82.5 cm³/mol. The summed E-state index contributed by atoms with van der Waals surface area (Å²) in [6.45, 7) is 4.13. The van der Waals surface area contributed by atoms with Crippen LogP contribution in [0, 0.1) is 25.2 Å². The second kappa shape index (κ2) is 5.46. The molecule has 1 aromatic carbocycles. The van der Waals surface area contributed by atoms with Crippen LogP contribution >= 0.6 is 15.9 Å². The zero-order chi connectivity index (χ0) is 14.0. The average Bonchev–Trinajstić information content (AvgIpc) is 2.65. The Labute approximate surface area is 122 Å². The molecule has 0 saturated carbocycles. The smallest absolute Gasteiger partial charge is 0.0998 e. The second-order valence-electron chi connectivity index (χ2n) is 4.56. The van der Waals surface area contributed by atoms with Crippen LogP contribution in [0.15, 0.2) is 34.8 Å². The first-order valence-electron chi connectivity index (χ1n) is 6.03. The Bertz CT molecular complexity index is 670. The Morgan fingerprint density at radius 1 is 1.26 bits per heavy atom. The SMILES string of the molecule is Cc1cc(/C=C(\C#N)c2ccc(Br)cc2)c(C)n1C. The fourth-order valence-corrected chi connectivity index (χ4v) is 2.26. The largest absolute Gasteiger partial charge is 0.352 e. The highest BCUT2D eigenvalue weighted by Gasteiger charge is 2.06. The number of nitrogens with zero attached hydrogens (tertiary/aromatic N) is 2. The first-order chi connectivity index (χ1) is 9.02. The molecular formula is C16H15BrN2. The van der Waals surface area contributed by atoms with Crippen molar-refractivity contribution in [2.24, 2.45) is 7.05 Å². The first kappa shape index (κ1) is 13.6. The van der Waals surface area contributed by atoms with Gasteiger partial charge in [0.15, 0.2) is 0 Å². The van der Waals surface area contributed by atoms with Gasteiger partial charge in [0.05, 0.1) is 11.6 Å². The van der Waals surface area contributed by atoms with Gasteiger partial charge in [-0.3, -0.25) is 0 Å². The number of aromatic nitrogens is 1. The predicted octanol–water partition coefficient (Wildman–Crippen LogP) is 4.47. The lowest BCUT2D eigenvalue weighted by atomic mass is 10.0. The highest BCUT2D eigenvalue weighted by atomic mass is 79.9. The van der Waals surface area contributed by atoms with Crippen molar-refractivity contribution in [2.75, 3.05) is 0 Å². The Kier molecular flexibility index (Phi) is 3.92. The van der Waals surface area contributed by atoms with Gasteiger partial charge in [-0.1, -0.05) is 28.1 Å². The van der Waals surface area contributed by atoms with E-state index in [9.17, 15) is 5.26 Å². The summed E-state index contributed by atoms with van der Waals surface area (Å²) >= 11 is 3.40. The number of hydrogen-bond donors (Lipinski definition) is 0. The quantitative estimate of drug-likeness (QED) is 0.752. The van der Waals surface area contributed by atoms with E-state index in [2.05, 4.69) is 46.5 Å². The minimum atomic E-state index is 0.682. The maximum absolute atomic E-state index is 9.34. The van der Waals surface area contributed by atoms with Crippen LogP contribution < -0.4 is 0 Å². The van der Waals surface area contributed by atoms with Gasteiger partial charge < -0.3 is 4.57 Å². The molecular weight excluding hydrogens is 300 g/mol. The highest BCUT2D eigenvalue weighted by molar-refractivity contribution is 9.10. The van der Waals surface area contributed by atoms with Crippen LogP contribution in [0.5, 0.6) is 0 Å². The van der Waals surface area contributed by atoms with E-state index in [1.165, 1.54) is 11.4 Å². The van der Waals surface area contributed by atoms with Gasteiger partial charge in [-0.25, -0.2) is 0 Å². The van der Waals surface area contributed by atoms with E-state index in [4.69, 9.17) is 0 Å². The van der Waals surface area contributed by atoms with Crippen molar-refractivity contribution in [3.05, 3.63) is 57.3 Å². The van der Waals surface area contributed by atoms with Gasteiger partial charge in [0, 0.05) is 22.9 Å². The fourth-order valence-electron chi connectivity index (χ4n) is 2.00. The second-order valence-corrected chi connectivity index (χ2v) is 5.48. The molecule has 0 atom stereocenters. The lowest BCUT2D eigenvalue weighted by Gasteiger charge is -2.01. The number of halogens is 1. The first-order valence-corrected chi connectivity index (χ1v) is 6.83. The van der Waals surface area contributed by atoms with Crippen molar-refractivity contribution >= 4 is 27.6 Å². The summed E-state index contributed by atoms with van der Waals surface area (Å²) in [7, 11) is 2.04. The number of rotatable bonds is 2. The number of aryl methyl sites for hydroxylation is 1. The van der Waals surface area contributed by atoms with Gasteiger partial charge in [-0.15, -0.1) is 0 Å². The molecule has 19 heavy (non-hydrogen) atoms.